The van der Waals surface area contributed by atoms with Gasteiger partial charge in [-0.3, -0.25) is 5.41 Å². The standard InChI is InChI=1S/C5H6N6/c6-3-11(4(7)8)5-9-1-2-10-5/h1-2H,(H3,7,8)(H,9,10). The lowest BCUT2D eigenvalue weighted by Crippen LogP contribution is -2.32. The topological polar surface area (TPSA) is 106 Å². The fraction of sp³-hybridized carbons (Fsp3) is 0. The van der Waals surface area contributed by atoms with E-state index in [-0.39, 0.29) is 11.9 Å². The highest BCUT2D eigenvalue weighted by atomic mass is 15.3. The van der Waals surface area contributed by atoms with Gasteiger partial charge in [0.05, 0.1) is 0 Å². The van der Waals surface area contributed by atoms with Crippen LogP contribution in [0.4, 0.5) is 5.95 Å². The van der Waals surface area contributed by atoms with Crippen LogP contribution in [-0.2, 0) is 0 Å². The zero-order chi connectivity index (χ0) is 8.27. The summed E-state index contributed by atoms with van der Waals surface area (Å²) in [6.45, 7) is 0. The third kappa shape index (κ3) is 1.27. The second-order valence-corrected chi connectivity index (χ2v) is 1.73. The van der Waals surface area contributed by atoms with E-state index in [0.29, 0.717) is 0 Å². The van der Waals surface area contributed by atoms with E-state index in [1.54, 1.807) is 12.4 Å². The van der Waals surface area contributed by atoms with E-state index in [9.17, 15) is 0 Å². The molecule has 56 valence electrons. The first-order chi connectivity index (χ1) is 5.25. The molecule has 6 heteroatoms. The molecule has 1 aromatic heterocycles. The van der Waals surface area contributed by atoms with E-state index < -0.39 is 0 Å². The highest BCUT2D eigenvalue weighted by molar-refractivity contribution is 5.93. The molecule has 0 saturated heterocycles. The van der Waals surface area contributed by atoms with Gasteiger partial charge in [0.25, 0.3) is 0 Å². The molecular formula is C5H6N6. The number of H-pyrrole nitrogens is 1. The van der Waals surface area contributed by atoms with Gasteiger partial charge < -0.3 is 10.7 Å². The molecule has 6 nitrogen and oxygen atoms in total. The molecule has 1 heterocycles. The Morgan fingerprint density at radius 2 is 2.64 bits per heavy atom. The number of hydrogen-bond acceptors (Lipinski definition) is 3. The summed E-state index contributed by atoms with van der Waals surface area (Å²) in [5.41, 5.74) is 5.07. The minimum atomic E-state index is -0.359. The van der Waals surface area contributed by atoms with Crippen LogP contribution in [-0.4, -0.2) is 15.9 Å². The SMILES string of the molecule is N#CN(C(=N)N)c1ncc[nH]1. The van der Waals surface area contributed by atoms with Gasteiger partial charge in [0.15, 0.2) is 6.19 Å². The summed E-state index contributed by atoms with van der Waals surface area (Å²) in [5.74, 6) is -0.109. The number of hydrogen-bond donors (Lipinski definition) is 3. The Balaban J connectivity index is 2.91. The lowest BCUT2D eigenvalue weighted by Gasteiger charge is -2.07. The Labute approximate surface area is 62.8 Å². The lowest BCUT2D eigenvalue weighted by atomic mass is 10.7. The minimum absolute atomic E-state index is 0.250. The first-order valence-corrected chi connectivity index (χ1v) is 2.79. The van der Waals surface area contributed by atoms with Crippen LogP contribution in [0.2, 0.25) is 0 Å². The van der Waals surface area contributed by atoms with Gasteiger partial charge in [-0.05, 0) is 0 Å². The number of guanidine groups is 1. The number of nitrogens with zero attached hydrogens (tertiary/aromatic N) is 3. The molecule has 0 saturated carbocycles. The van der Waals surface area contributed by atoms with Crippen molar-refractivity contribution in [1.29, 1.82) is 10.7 Å². The maximum Gasteiger partial charge on any atom is 0.223 e. The largest absolute Gasteiger partial charge is 0.369 e. The van der Waals surface area contributed by atoms with Crippen molar-refractivity contribution in [3.8, 4) is 6.19 Å². The van der Waals surface area contributed by atoms with Crippen molar-refractivity contribution in [3.05, 3.63) is 12.4 Å². The summed E-state index contributed by atoms with van der Waals surface area (Å²) in [6, 6.07) is 0. The maximum atomic E-state index is 8.46. The average molecular weight is 150 g/mol. The van der Waals surface area contributed by atoms with Crippen molar-refractivity contribution in [2.45, 2.75) is 0 Å². The molecule has 4 N–H and O–H groups in total. The number of imidazole rings is 1. The quantitative estimate of drug-likeness (QED) is 0.219. The first kappa shape index (κ1) is 7.08. The van der Waals surface area contributed by atoms with E-state index in [0.717, 1.165) is 4.90 Å². The zero-order valence-corrected chi connectivity index (χ0v) is 5.57. The van der Waals surface area contributed by atoms with Crippen LogP contribution in [0.25, 0.3) is 0 Å². The fourth-order valence-electron chi connectivity index (χ4n) is 0.595. The molecule has 0 aliphatic carbocycles. The Morgan fingerprint density at radius 1 is 1.91 bits per heavy atom. The van der Waals surface area contributed by atoms with Crippen LogP contribution in [0.5, 0.6) is 0 Å². The molecule has 0 aliphatic heterocycles. The van der Waals surface area contributed by atoms with Crippen LogP contribution >= 0.6 is 0 Å². The van der Waals surface area contributed by atoms with E-state index in [1.165, 1.54) is 6.20 Å². The molecule has 1 aromatic rings. The highest BCUT2D eigenvalue weighted by Crippen LogP contribution is 2.01. The van der Waals surface area contributed by atoms with E-state index >= 15 is 0 Å². The maximum absolute atomic E-state index is 8.46. The normalized spacial score (nSPS) is 8.64. The van der Waals surface area contributed by atoms with Gasteiger partial charge in [0, 0.05) is 12.4 Å². The van der Waals surface area contributed by atoms with Crippen molar-refractivity contribution in [2.75, 3.05) is 4.90 Å². The van der Waals surface area contributed by atoms with Gasteiger partial charge >= 0.3 is 0 Å². The fourth-order valence-corrected chi connectivity index (χ4v) is 0.595. The predicted molar refractivity (Wildman–Crippen MR) is 38.6 cm³/mol. The van der Waals surface area contributed by atoms with E-state index in [1.807, 2.05) is 0 Å². The summed E-state index contributed by atoms with van der Waals surface area (Å²) in [7, 11) is 0. The third-order valence-corrected chi connectivity index (χ3v) is 1.04. The number of nitrogens with two attached hydrogens (primary N) is 1. The number of aromatic amines is 1. The van der Waals surface area contributed by atoms with Crippen molar-refractivity contribution in [3.63, 3.8) is 0 Å². The summed E-state index contributed by atoms with van der Waals surface area (Å²) < 4.78 is 0. The molecule has 1 rings (SSSR count). The van der Waals surface area contributed by atoms with Crippen molar-refractivity contribution < 1.29 is 0 Å². The Hall–Kier alpha value is -2.03. The van der Waals surface area contributed by atoms with Crippen molar-refractivity contribution in [2.24, 2.45) is 5.73 Å². The molecule has 0 radical (unpaired) electrons. The molecule has 0 aliphatic rings. The van der Waals surface area contributed by atoms with Crippen LogP contribution in [0.1, 0.15) is 0 Å². The molecule has 0 fully saturated rings. The average Bonchev–Trinajstić information content (AvgIpc) is 2.40. The Bertz CT molecular complexity index is 280. The Kier molecular flexibility index (Phi) is 1.74. The molecule has 0 spiro atoms. The van der Waals surface area contributed by atoms with Gasteiger partial charge in [-0.2, -0.15) is 10.2 Å². The molecule has 0 bridgehead atoms. The van der Waals surface area contributed by atoms with Gasteiger partial charge in [-0.25, -0.2) is 4.98 Å². The van der Waals surface area contributed by atoms with Gasteiger partial charge in [-0.1, -0.05) is 0 Å². The third-order valence-electron chi connectivity index (χ3n) is 1.04. The number of nitrogens with one attached hydrogen (secondary N) is 2. The predicted octanol–water partition coefficient (Wildman–Crippen LogP) is -0.409. The van der Waals surface area contributed by atoms with Gasteiger partial charge in [0.2, 0.25) is 11.9 Å². The summed E-state index contributed by atoms with van der Waals surface area (Å²) in [5, 5.41) is 15.4. The van der Waals surface area contributed by atoms with E-state index in [2.05, 4.69) is 9.97 Å². The Morgan fingerprint density at radius 3 is 3.00 bits per heavy atom. The molecule has 0 aromatic carbocycles. The van der Waals surface area contributed by atoms with E-state index in [4.69, 9.17) is 16.4 Å². The van der Waals surface area contributed by atoms with Crippen LogP contribution in [0, 0.1) is 16.9 Å². The summed E-state index contributed by atoms with van der Waals surface area (Å²) in [6.07, 6.45) is 4.71. The second-order valence-electron chi connectivity index (χ2n) is 1.73. The first-order valence-electron chi connectivity index (χ1n) is 2.79. The minimum Gasteiger partial charge on any atom is -0.369 e. The number of anilines is 1. The summed E-state index contributed by atoms with van der Waals surface area (Å²) >= 11 is 0. The summed E-state index contributed by atoms with van der Waals surface area (Å²) in [4.78, 5) is 7.25. The second kappa shape index (κ2) is 2.70. The smallest absolute Gasteiger partial charge is 0.223 e. The molecule has 0 amide bonds. The van der Waals surface area contributed by atoms with Crippen LogP contribution < -0.4 is 10.6 Å². The van der Waals surface area contributed by atoms with Crippen LogP contribution in [0.3, 0.4) is 0 Å². The lowest BCUT2D eigenvalue weighted by molar-refractivity contribution is 1.15. The molecule has 0 unspecified atom stereocenters. The monoisotopic (exact) mass is 150 g/mol. The zero-order valence-electron chi connectivity index (χ0n) is 5.57. The number of aromatic nitrogens is 2. The van der Waals surface area contributed by atoms with Gasteiger partial charge in [0.1, 0.15) is 0 Å². The molecular weight excluding hydrogens is 144 g/mol. The van der Waals surface area contributed by atoms with Crippen molar-refractivity contribution >= 4 is 11.9 Å². The number of nitriles is 1. The van der Waals surface area contributed by atoms with Crippen molar-refractivity contribution in [1.82, 2.24) is 9.97 Å². The molecule has 11 heavy (non-hydrogen) atoms. The number of rotatable bonds is 1. The van der Waals surface area contributed by atoms with Gasteiger partial charge in [-0.15, -0.1) is 0 Å². The molecule has 0 atom stereocenters. The van der Waals surface area contributed by atoms with Crippen LogP contribution in [0.15, 0.2) is 12.4 Å². The highest BCUT2D eigenvalue weighted by Gasteiger charge is 2.09.